The third kappa shape index (κ3) is 4.90. The van der Waals surface area contributed by atoms with Crippen LogP contribution < -0.4 is 9.62 Å². The lowest BCUT2D eigenvalue weighted by molar-refractivity contribution is -0.114. The van der Waals surface area contributed by atoms with E-state index >= 15 is 0 Å². The number of sulfonamides is 1. The van der Waals surface area contributed by atoms with E-state index in [0.29, 0.717) is 27.0 Å². The van der Waals surface area contributed by atoms with Crippen molar-refractivity contribution < 1.29 is 13.2 Å². The second kappa shape index (κ2) is 9.27. The largest absolute Gasteiger partial charge is 0.324 e. The van der Waals surface area contributed by atoms with E-state index in [-0.39, 0.29) is 9.92 Å². The average molecular weight is 484 g/mol. The van der Waals surface area contributed by atoms with Crippen LogP contribution in [0.2, 0.25) is 15.1 Å². The Labute approximate surface area is 190 Å². The summed E-state index contributed by atoms with van der Waals surface area (Å²) in [6.45, 7) is 1.24. The van der Waals surface area contributed by atoms with E-state index in [9.17, 15) is 13.2 Å². The quantitative estimate of drug-likeness (QED) is 0.482. The Bertz CT molecular complexity index is 1190. The molecule has 0 atom stereocenters. The van der Waals surface area contributed by atoms with Gasteiger partial charge in [-0.1, -0.05) is 59.1 Å². The zero-order valence-electron chi connectivity index (χ0n) is 15.8. The van der Waals surface area contributed by atoms with Crippen LogP contribution in [0.3, 0.4) is 0 Å². The van der Waals surface area contributed by atoms with E-state index in [1.54, 1.807) is 55.5 Å². The van der Waals surface area contributed by atoms with Gasteiger partial charge in [0, 0.05) is 10.7 Å². The maximum Gasteiger partial charge on any atom is 0.264 e. The number of rotatable bonds is 6. The molecule has 5 nitrogen and oxygen atoms in total. The van der Waals surface area contributed by atoms with Crippen molar-refractivity contribution in [2.24, 2.45) is 0 Å². The fourth-order valence-electron chi connectivity index (χ4n) is 2.79. The number of carbonyl (C=O) groups is 1. The molecule has 0 heterocycles. The van der Waals surface area contributed by atoms with E-state index in [1.165, 1.54) is 18.2 Å². The molecule has 0 aliphatic rings. The first kappa shape index (κ1) is 22.4. The molecule has 156 valence electrons. The van der Waals surface area contributed by atoms with E-state index in [0.717, 1.165) is 4.31 Å². The van der Waals surface area contributed by atoms with Crippen molar-refractivity contribution in [3.8, 4) is 0 Å². The van der Waals surface area contributed by atoms with Crippen LogP contribution in [-0.2, 0) is 14.8 Å². The van der Waals surface area contributed by atoms with Crippen LogP contribution in [-0.4, -0.2) is 20.9 Å². The summed E-state index contributed by atoms with van der Waals surface area (Å²) in [5, 5.41) is 3.66. The molecule has 1 amide bonds. The van der Waals surface area contributed by atoms with Crippen molar-refractivity contribution in [3.05, 3.63) is 87.4 Å². The zero-order valence-corrected chi connectivity index (χ0v) is 18.9. The maximum atomic E-state index is 13.3. The summed E-state index contributed by atoms with van der Waals surface area (Å²) in [6, 6.07) is 17.4. The predicted octanol–water partition coefficient (Wildman–Crippen LogP) is 5.79. The maximum absolute atomic E-state index is 13.3. The molecule has 0 aromatic heterocycles. The fraction of sp³-hybridized carbons (Fsp3) is 0.0952. The van der Waals surface area contributed by atoms with Gasteiger partial charge in [0.1, 0.15) is 6.54 Å². The van der Waals surface area contributed by atoms with Crippen molar-refractivity contribution in [1.29, 1.82) is 0 Å². The smallest absolute Gasteiger partial charge is 0.264 e. The Morgan fingerprint density at radius 1 is 0.900 bits per heavy atom. The van der Waals surface area contributed by atoms with Crippen LogP contribution in [0.15, 0.2) is 71.6 Å². The van der Waals surface area contributed by atoms with Gasteiger partial charge in [0.05, 0.1) is 20.6 Å². The Hall–Kier alpha value is -2.25. The highest BCUT2D eigenvalue weighted by Crippen LogP contribution is 2.31. The summed E-state index contributed by atoms with van der Waals surface area (Å²) in [5.74, 6) is -0.549. The first-order chi connectivity index (χ1) is 14.2. The number of halogens is 3. The van der Waals surface area contributed by atoms with Gasteiger partial charge in [-0.05, 0) is 55.0 Å². The van der Waals surface area contributed by atoms with Crippen molar-refractivity contribution in [1.82, 2.24) is 0 Å². The minimum atomic E-state index is -4.03. The molecule has 0 radical (unpaired) electrons. The zero-order chi connectivity index (χ0) is 21.9. The summed E-state index contributed by atoms with van der Waals surface area (Å²) in [7, 11) is -4.03. The topological polar surface area (TPSA) is 66.5 Å². The van der Waals surface area contributed by atoms with Crippen LogP contribution in [0.4, 0.5) is 11.4 Å². The van der Waals surface area contributed by atoms with E-state index < -0.39 is 22.5 Å². The van der Waals surface area contributed by atoms with Crippen molar-refractivity contribution in [2.45, 2.75) is 11.8 Å². The van der Waals surface area contributed by atoms with Gasteiger partial charge in [-0.15, -0.1) is 0 Å². The standard InChI is InChI=1S/C21H17Cl3N2O3S/c1-14-17(22)8-5-9-20(14)26(30(28,29)16-6-3-2-4-7-16)13-21(27)25-15-10-11-18(23)19(24)12-15/h2-12H,13H2,1H3,(H,25,27). The summed E-state index contributed by atoms with van der Waals surface area (Å²) >= 11 is 18.1. The molecular weight excluding hydrogens is 467 g/mol. The molecule has 0 saturated heterocycles. The third-order valence-electron chi connectivity index (χ3n) is 4.33. The molecule has 0 unspecified atom stereocenters. The molecule has 0 aliphatic heterocycles. The lowest BCUT2D eigenvalue weighted by Gasteiger charge is -2.26. The van der Waals surface area contributed by atoms with Gasteiger partial charge < -0.3 is 5.32 Å². The number of amides is 1. The Morgan fingerprint density at radius 3 is 2.27 bits per heavy atom. The highest BCUT2D eigenvalue weighted by Gasteiger charge is 2.28. The number of hydrogen-bond donors (Lipinski definition) is 1. The minimum Gasteiger partial charge on any atom is -0.324 e. The van der Waals surface area contributed by atoms with Crippen LogP contribution in [0.5, 0.6) is 0 Å². The summed E-state index contributed by atoms with van der Waals surface area (Å²) in [4.78, 5) is 12.8. The summed E-state index contributed by atoms with van der Waals surface area (Å²) in [6.07, 6.45) is 0. The van der Waals surface area contributed by atoms with E-state index in [1.807, 2.05) is 0 Å². The molecule has 0 aliphatic carbocycles. The number of hydrogen-bond acceptors (Lipinski definition) is 3. The van der Waals surface area contributed by atoms with Crippen LogP contribution in [0, 0.1) is 6.92 Å². The summed E-state index contributed by atoms with van der Waals surface area (Å²) in [5.41, 5.74) is 1.26. The Morgan fingerprint density at radius 2 is 1.60 bits per heavy atom. The molecule has 0 fully saturated rings. The first-order valence-electron chi connectivity index (χ1n) is 8.78. The highest BCUT2D eigenvalue weighted by molar-refractivity contribution is 7.92. The van der Waals surface area contributed by atoms with Crippen molar-refractivity contribution in [2.75, 3.05) is 16.2 Å². The Kier molecular flexibility index (Phi) is 6.93. The van der Waals surface area contributed by atoms with Gasteiger partial charge in [0.25, 0.3) is 10.0 Å². The van der Waals surface area contributed by atoms with Gasteiger partial charge in [-0.3, -0.25) is 9.10 Å². The molecule has 3 rings (SSSR count). The van der Waals surface area contributed by atoms with Crippen molar-refractivity contribution in [3.63, 3.8) is 0 Å². The molecule has 30 heavy (non-hydrogen) atoms. The van der Waals surface area contributed by atoms with Gasteiger partial charge in [0.2, 0.25) is 5.91 Å². The molecule has 0 saturated carbocycles. The normalized spacial score (nSPS) is 11.2. The molecular formula is C21H17Cl3N2O3S. The molecule has 1 N–H and O–H groups in total. The molecule has 3 aromatic rings. The molecule has 9 heteroatoms. The van der Waals surface area contributed by atoms with E-state index in [2.05, 4.69) is 5.32 Å². The van der Waals surface area contributed by atoms with Gasteiger partial charge in [0.15, 0.2) is 0 Å². The second-order valence-corrected chi connectivity index (χ2v) is 9.47. The fourth-order valence-corrected chi connectivity index (χ4v) is 4.76. The molecule has 3 aromatic carbocycles. The van der Waals surface area contributed by atoms with Crippen LogP contribution >= 0.6 is 34.8 Å². The van der Waals surface area contributed by atoms with Gasteiger partial charge in [-0.25, -0.2) is 8.42 Å². The lowest BCUT2D eigenvalue weighted by Crippen LogP contribution is -2.38. The molecule has 0 spiro atoms. The number of nitrogens with zero attached hydrogens (tertiary/aromatic N) is 1. The van der Waals surface area contributed by atoms with Crippen LogP contribution in [0.1, 0.15) is 5.56 Å². The van der Waals surface area contributed by atoms with Crippen LogP contribution in [0.25, 0.3) is 0 Å². The van der Waals surface area contributed by atoms with Gasteiger partial charge >= 0.3 is 0 Å². The first-order valence-corrected chi connectivity index (χ1v) is 11.4. The number of nitrogens with one attached hydrogen (secondary N) is 1. The Balaban J connectivity index is 1.98. The van der Waals surface area contributed by atoms with Gasteiger partial charge in [-0.2, -0.15) is 0 Å². The monoisotopic (exact) mass is 482 g/mol. The predicted molar refractivity (Wildman–Crippen MR) is 122 cm³/mol. The summed E-state index contributed by atoms with van der Waals surface area (Å²) < 4.78 is 27.7. The second-order valence-electron chi connectivity index (χ2n) is 6.39. The SMILES string of the molecule is Cc1c(Cl)cccc1N(CC(=O)Nc1ccc(Cl)c(Cl)c1)S(=O)(=O)c1ccccc1. The minimum absolute atomic E-state index is 0.0618. The lowest BCUT2D eigenvalue weighted by atomic mass is 10.2. The third-order valence-corrected chi connectivity index (χ3v) is 7.25. The molecule has 0 bridgehead atoms. The number of anilines is 2. The average Bonchev–Trinajstić information content (AvgIpc) is 2.72. The number of carbonyl (C=O) groups excluding carboxylic acids is 1. The number of benzene rings is 3. The van der Waals surface area contributed by atoms with E-state index in [4.69, 9.17) is 34.8 Å². The van der Waals surface area contributed by atoms with Crippen molar-refractivity contribution >= 4 is 62.1 Å². The highest BCUT2D eigenvalue weighted by atomic mass is 35.5.